The molecule has 1 fully saturated rings. The van der Waals surface area contributed by atoms with Gasteiger partial charge in [0.05, 0.1) is 5.69 Å². The SMILES string of the molecule is O=C(O)C1CCCCN1Cc1cc(=O)n2ccccc2n1. The topological polar surface area (TPSA) is 74.9 Å². The fourth-order valence-corrected chi connectivity index (χ4v) is 2.85. The van der Waals surface area contributed by atoms with Crippen LogP contribution in [0.1, 0.15) is 25.0 Å². The summed E-state index contributed by atoms with van der Waals surface area (Å²) in [6.45, 7) is 1.13. The van der Waals surface area contributed by atoms with Gasteiger partial charge >= 0.3 is 5.97 Å². The first kappa shape index (κ1) is 13.8. The minimum Gasteiger partial charge on any atom is -0.480 e. The molecule has 0 saturated carbocycles. The zero-order valence-electron chi connectivity index (χ0n) is 11.6. The number of carboxylic acid groups (broad SMARTS) is 1. The Bertz CT molecular complexity index is 725. The average Bonchev–Trinajstić information content (AvgIpc) is 2.47. The van der Waals surface area contributed by atoms with Gasteiger partial charge in [0.1, 0.15) is 11.7 Å². The molecule has 0 aliphatic carbocycles. The number of hydrogen-bond acceptors (Lipinski definition) is 4. The molecule has 21 heavy (non-hydrogen) atoms. The second kappa shape index (κ2) is 5.65. The molecule has 6 nitrogen and oxygen atoms in total. The molecule has 2 aromatic rings. The van der Waals surface area contributed by atoms with E-state index in [1.54, 1.807) is 18.3 Å². The van der Waals surface area contributed by atoms with Crippen molar-refractivity contribution in [2.24, 2.45) is 0 Å². The predicted molar refractivity (Wildman–Crippen MR) is 77.1 cm³/mol. The summed E-state index contributed by atoms with van der Waals surface area (Å²) in [6, 6.07) is 6.39. The fourth-order valence-electron chi connectivity index (χ4n) is 2.85. The zero-order valence-corrected chi connectivity index (χ0v) is 11.6. The van der Waals surface area contributed by atoms with Gasteiger partial charge in [-0.05, 0) is 31.5 Å². The molecule has 1 unspecified atom stereocenters. The zero-order chi connectivity index (χ0) is 14.8. The lowest BCUT2D eigenvalue weighted by Crippen LogP contribution is -2.44. The highest BCUT2D eigenvalue weighted by Gasteiger charge is 2.28. The molecule has 3 rings (SSSR count). The van der Waals surface area contributed by atoms with Gasteiger partial charge in [0.25, 0.3) is 5.56 Å². The van der Waals surface area contributed by atoms with Gasteiger partial charge in [-0.15, -0.1) is 0 Å². The van der Waals surface area contributed by atoms with Crippen LogP contribution in [0.25, 0.3) is 5.65 Å². The first-order valence-electron chi connectivity index (χ1n) is 7.09. The summed E-state index contributed by atoms with van der Waals surface area (Å²) >= 11 is 0. The van der Waals surface area contributed by atoms with Gasteiger partial charge in [0.2, 0.25) is 0 Å². The molecular formula is C15H17N3O3. The predicted octanol–water partition coefficient (Wildman–Crippen LogP) is 1.13. The van der Waals surface area contributed by atoms with Crippen molar-refractivity contribution >= 4 is 11.6 Å². The Labute approximate surface area is 121 Å². The largest absolute Gasteiger partial charge is 0.480 e. The Morgan fingerprint density at radius 2 is 2.24 bits per heavy atom. The maximum absolute atomic E-state index is 12.0. The first-order valence-corrected chi connectivity index (χ1v) is 7.09. The summed E-state index contributed by atoms with van der Waals surface area (Å²) in [5.41, 5.74) is 1.07. The van der Waals surface area contributed by atoms with Crippen LogP contribution < -0.4 is 5.56 Å². The lowest BCUT2D eigenvalue weighted by molar-refractivity contribution is -0.144. The summed E-state index contributed by atoms with van der Waals surface area (Å²) in [6.07, 6.45) is 4.24. The fraction of sp³-hybridized carbons (Fsp3) is 0.400. The Morgan fingerprint density at radius 3 is 3.05 bits per heavy atom. The Morgan fingerprint density at radius 1 is 1.38 bits per heavy atom. The number of carboxylic acids is 1. The maximum atomic E-state index is 12.0. The van der Waals surface area contributed by atoms with E-state index >= 15 is 0 Å². The molecule has 6 heteroatoms. The highest BCUT2D eigenvalue weighted by molar-refractivity contribution is 5.73. The van der Waals surface area contributed by atoms with Crippen molar-refractivity contribution in [2.75, 3.05) is 6.54 Å². The number of aliphatic carboxylic acids is 1. The molecule has 0 bridgehead atoms. The quantitative estimate of drug-likeness (QED) is 0.916. The number of nitrogens with zero attached hydrogens (tertiary/aromatic N) is 3. The third kappa shape index (κ3) is 2.80. The summed E-state index contributed by atoms with van der Waals surface area (Å²) in [4.78, 5) is 29.7. The minimum atomic E-state index is -0.799. The van der Waals surface area contributed by atoms with E-state index in [1.165, 1.54) is 10.5 Å². The Balaban J connectivity index is 1.90. The van der Waals surface area contributed by atoms with Gasteiger partial charge in [-0.3, -0.25) is 18.9 Å². The molecule has 0 amide bonds. The third-order valence-corrected chi connectivity index (χ3v) is 3.89. The molecule has 0 aromatic carbocycles. The maximum Gasteiger partial charge on any atom is 0.320 e. The van der Waals surface area contributed by atoms with Crippen LogP contribution in [0.15, 0.2) is 35.3 Å². The van der Waals surface area contributed by atoms with Crippen molar-refractivity contribution < 1.29 is 9.90 Å². The Kier molecular flexibility index (Phi) is 3.70. The molecule has 0 radical (unpaired) electrons. The molecule has 1 N–H and O–H groups in total. The number of aromatic nitrogens is 2. The normalized spacial score (nSPS) is 19.7. The summed E-state index contributed by atoms with van der Waals surface area (Å²) in [7, 11) is 0. The summed E-state index contributed by atoms with van der Waals surface area (Å²) < 4.78 is 1.48. The number of likely N-dealkylation sites (tertiary alicyclic amines) is 1. The summed E-state index contributed by atoms with van der Waals surface area (Å²) in [5.74, 6) is -0.799. The highest BCUT2D eigenvalue weighted by Crippen LogP contribution is 2.19. The molecule has 0 spiro atoms. The van der Waals surface area contributed by atoms with Crippen molar-refractivity contribution in [3.05, 3.63) is 46.5 Å². The minimum absolute atomic E-state index is 0.139. The van der Waals surface area contributed by atoms with Gasteiger partial charge < -0.3 is 5.11 Å². The van der Waals surface area contributed by atoms with Crippen LogP contribution in [0.5, 0.6) is 0 Å². The van der Waals surface area contributed by atoms with Crippen LogP contribution in [0.2, 0.25) is 0 Å². The van der Waals surface area contributed by atoms with Gasteiger partial charge in [-0.25, -0.2) is 4.98 Å². The number of fused-ring (bicyclic) bond motifs is 1. The van der Waals surface area contributed by atoms with Crippen molar-refractivity contribution in [3.63, 3.8) is 0 Å². The molecule has 2 aromatic heterocycles. The lowest BCUT2D eigenvalue weighted by atomic mass is 10.0. The molecule has 1 aliphatic heterocycles. The van der Waals surface area contributed by atoms with Crippen LogP contribution in [-0.4, -0.2) is 37.9 Å². The number of pyridine rings is 1. The van der Waals surface area contributed by atoms with E-state index in [4.69, 9.17) is 0 Å². The smallest absolute Gasteiger partial charge is 0.320 e. The lowest BCUT2D eigenvalue weighted by Gasteiger charge is -2.32. The second-order valence-corrected chi connectivity index (χ2v) is 5.33. The number of rotatable bonds is 3. The molecule has 110 valence electrons. The Hall–Kier alpha value is -2.21. The average molecular weight is 287 g/mol. The van der Waals surface area contributed by atoms with Gasteiger partial charge in [-0.1, -0.05) is 12.5 Å². The molecule has 1 atom stereocenters. The van der Waals surface area contributed by atoms with E-state index in [1.807, 2.05) is 11.0 Å². The second-order valence-electron chi connectivity index (χ2n) is 5.33. The van der Waals surface area contributed by atoms with Gasteiger partial charge in [0.15, 0.2) is 0 Å². The van der Waals surface area contributed by atoms with Gasteiger partial charge in [0, 0.05) is 18.8 Å². The molecule has 1 aliphatic rings. The van der Waals surface area contributed by atoms with Crippen molar-refractivity contribution in [1.82, 2.24) is 14.3 Å². The first-order chi connectivity index (χ1) is 10.1. The van der Waals surface area contributed by atoms with Gasteiger partial charge in [-0.2, -0.15) is 0 Å². The van der Waals surface area contributed by atoms with Crippen molar-refractivity contribution in [2.45, 2.75) is 31.8 Å². The number of piperidine rings is 1. The van der Waals surface area contributed by atoms with Crippen LogP contribution in [0.3, 0.4) is 0 Å². The monoisotopic (exact) mass is 287 g/mol. The van der Waals surface area contributed by atoms with E-state index in [9.17, 15) is 14.7 Å². The van der Waals surface area contributed by atoms with E-state index in [2.05, 4.69) is 4.98 Å². The molecule has 1 saturated heterocycles. The molecule has 3 heterocycles. The van der Waals surface area contributed by atoms with Crippen molar-refractivity contribution in [1.29, 1.82) is 0 Å². The van der Waals surface area contributed by atoms with Crippen LogP contribution >= 0.6 is 0 Å². The van der Waals surface area contributed by atoms with Crippen molar-refractivity contribution in [3.8, 4) is 0 Å². The number of hydrogen-bond donors (Lipinski definition) is 1. The van der Waals surface area contributed by atoms with E-state index < -0.39 is 12.0 Å². The van der Waals surface area contributed by atoms with Crippen LogP contribution in [0, 0.1) is 0 Å². The standard InChI is InChI=1S/C15H17N3O3/c19-14-9-11(16-13-6-2-4-8-18(13)14)10-17-7-3-1-5-12(17)15(20)21/h2,4,6,8-9,12H,1,3,5,7,10H2,(H,20,21). The van der Waals surface area contributed by atoms with Crippen LogP contribution in [-0.2, 0) is 11.3 Å². The summed E-state index contributed by atoms with van der Waals surface area (Å²) in [5, 5.41) is 9.29. The van der Waals surface area contributed by atoms with E-state index in [-0.39, 0.29) is 5.56 Å². The highest BCUT2D eigenvalue weighted by atomic mass is 16.4. The van der Waals surface area contributed by atoms with E-state index in [0.717, 1.165) is 19.4 Å². The third-order valence-electron chi connectivity index (χ3n) is 3.89. The molecular weight excluding hydrogens is 270 g/mol. The number of carbonyl (C=O) groups is 1. The van der Waals surface area contributed by atoms with Crippen LogP contribution in [0.4, 0.5) is 0 Å². The van der Waals surface area contributed by atoms with E-state index in [0.29, 0.717) is 24.3 Å².